The lowest BCUT2D eigenvalue weighted by Gasteiger charge is -2.10. The third-order valence-corrected chi connectivity index (χ3v) is 2.74. The predicted octanol–water partition coefficient (Wildman–Crippen LogP) is 2.65. The standard InChI is InChI=1S/C15H19N3O2/c1-10(2)20-13-6-4-12(5-7-13)17-15(19)14-8-11(16)9-18(14)3/h4-10H,16H2,1-3H3,(H,17,19). The van der Waals surface area contributed by atoms with Crippen molar-refractivity contribution in [2.45, 2.75) is 20.0 Å². The van der Waals surface area contributed by atoms with Crippen LogP contribution >= 0.6 is 0 Å². The van der Waals surface area contributed by atoms with Crippen molar-refractivity contribution < 1.29 is 9.53 Å². The van der Waals surface area contributed by atoms with E-state index in [0.717, 1.165) is 5.75 Å². The summed E-state index contributed by atoms with van der Waals surface area (Å²) in [6, 6.07) is 8.92. The van der Waals surface area contributed by atoms with E-state index in [4.69, 9.17) is 10.5 Å². The summed E-state index contributed by atoms with van der Waals surface area (Å²) in [4.78, 5) is 12.1. The van der Waals surface area contributed by atoms with Crippen molar-refractivity contribution in [1.82, 2.24) is 4.57 Å². The highest BCUT2D eigenvalue weighted by Crippen LogP contribution is 2.18. The highest BCUT2D eigenvalue weighted by atomic mass is 16.5. The first-order chi connectivity index (χ1) is 9.45. The number of rotatable bonds is 4. The fourth-order valence-electron chi connectivity index (χ4n) is 1.90. The molecule has 0 unspecified atom stereocenters. The molecule has 0 bridgehead atoms. The van der Waals surface area contributed by atoms with Crippen LogP contribution in [-0.4, -0.2) is 16.6 Å². The fraction of sp³-hybridized carbons (Fsp3) is 0.267. The number of aryl methyl sites for hydroxylation is 1. The van der Waals surface area contributed by atoms with Crippen LogP contribution in [-0.2, 0) is 7.05 Å². The molecule has 0 saturated heterocycles. The third-order valence-electron chi connectivity index (χ3n) is 2.74. The average Bonchev–Trinajstić information content (AvgIpc) is 2.70. The van der Waals surface area contributed by atoms with E-state index in [9.17, 15) is 4.79 Å². The topological polar surface area (TPSA) is 69.3 Å². The second-order valence-electron chi connectivity index (χ2n) is 4.91. The first-order valence-corrected chi connectivity index (χ1v) is 6.45. The van der Waals surface area contributed by atoms with Gasteiger partial charge in [-0.1, -0.05) is 0 Å². The second kappa shape index (κ2) is 5.69. The van der Waals surface area contributed by atoms with Gasteiger partial charge in [-0.05, 0) is 44.2 Å². The maximum absolute atomic E-state index is 12.1. The first kappa shape index (κ1) is 14.0. The highest BCUT2D eigenvalue weighted by Gasteiger charge is 2.11. The molecular weight excluding hydrogens is 254 g/mol. The smallest absolute Gasteiger partial charge is 0.272 e. The van der Waals surface area contributed by atoms with Crippen LogP contribution in [0.1, 0.15) is 24.3 Å². The number of hydrogen-bond donors (Lipinski definition) is 2. The summed E-state index contributed by atoms with van der Waals surface area (Å²) in [6.45, 7) is 3.94. The van der Waals surface area contributed by atoms with Gasteiger partial charge in [-0.3, -0.25) is 4.79 Å². The molecular formula is C15H19N3O2. The number of amides is 1. The van der Waals surface area contributed by atoms with Crippen molar-refractivity contribution in [3.63, 3.8) is 0 Å². The number of carbonyl (C=O) groups is 1. The van der Waals surface area contributed by atoms with Gasteiger partial charge in [0.2, 0.25) is 0 Å². The minimum absolute atomic E-state index is 0.127. The van der Waals surface area contributed by atoms with E-state index in [1.165, 1.54) is 0 Å². The molecule has 1 aromatic carbocycles. The molecule has 0 atom stereocenters. The molecule has 1 aromatic heterocycles. The van der Waals surface area contributed by atoms with Crippen LogP contribution in [0, 0.1) is 0 Å². The lowest BCUT2D eigenvalue weighted by Crippen LogP contribution is -2.15. The molecule has 2 aromatic rings. The maximum atomic E-state index is 12.1. The van der Waals surface area contributed by atoms with Crippen molar-refractivity contribution in [2.75, 3.05) is 11.1 Å². The zero-order chi connectivity index (χ0) is 14.7. The zero-order valence-electron chi connectivity index (χ0n) is 11.9. The summed E-state index contributed by atoms with van der Waals surface area (Å²) in [5.41, 5.74) is 7.46. The Balaban J connectivity index is 2.06. The van der Waals surface area contributed by atoms with Gasteiger partial charge < -0.3 is 20.4 Å². The van der Waals surface area contributed by atoms with E-state index in [0.29, 0.717) is 17.1 Å². The van der Waals surface area contributed by atoms with Crippen LogP contribution in [0.5, 0.6) is 5.75 Å². The van der Waals surface area contributed by atoms with E-state index < -0.39 is 0 Å². The van der Waals surface area contributed by atoms with E-state index in [1.54, 1.807) is 23.9 Å². The molecule has 1 heterocycles. The summed E-state index contributed by atoms with van der Waals surface area (Å²) in [7, 11) is 1.78. The van der Waals surface area contributed by atoms with Crippen molar-refractivity contribution in [1.29, 1.82) is 0 Å². The molecule has 20 heavy (non-hydrogen) atoms. The van der Waals surface area contributed by atoms with Gasteiger partial charge in [-0.15, -0.1) is 0 Å². The van der Waals surface area contributed by atoms with Crippen molar-refractivity contribution in [2.24, 2.45) is 7.05 Å². The van der Waals surface area contributed by atoms with Gasteiger partial charge in [0.15, 0.2) is 0 Å². The molecule has 106 valence electrons. The van der Waals surface area contributed by atoms with Crippen molar-refractivity contribution in [3.8, 4) is 5.75 Å². The summed E-state index contributed by atoms with van der Waals surface area (Å²) in [5, 5.41) is 2.82. The van der Waals surface area contributed by atoms with E-state index in [2.05, 4.69) is 5.32 Å². The number of nitrogens with two attached hydrogens (primary N) is 1. The molecule has 0 aliphatic rings. The molecule has 0 fully saturated rings. The first-order valence-electron chi connectivity index (χ1n) is 6.45. The Hall–Kier alpha value is -2.43. The molecule has 5 nitrogen and oxygen atoms in total. The number of carbonyl (C=O) groups excluding carboxylic acids is 1. The summed E-state index contributed by atoms with van der Waals surface area (Å²) in [5.74, 6) is 0.586. The number of benzene rings is 1. The average molecular weight is 273 g/mol. The Labute approximate surface area is 118 Å². The van der Waals surface area contributed by atoms with Gasteiger partial charge in [0.1, 0.15) is 11.4 Å². The van der Waals surface area contributed by atoms with Crippen LogP contribution in [0.4, 0.5) is 11.4 Å². The second-order valence-corrected chi connectivity index (χ2v) is 4.91. The largest absolute Gasteiger partial charge is 0.491 e. The lowest BCUT2D eigenvalue weighted by atomic mass is 10.3. The minimum atomic E-state index is -0.193. The summed E-state index contributed by atoms with van der Waals surface area (Å²) in [6.07, 6.45) is 1.83. The SMILES string of the molecule is CC(C)Oc1ccc(NC(=O)c2cc(N)cn2C)cc1. The summed E-state index contributed by atoms with van der Waals surface area (Å²) >= 11 is 0. The van der Waals surface area contributed by atoms with Crippen LogP contribution in [0.15, 0.2) is 36.5 Å². The Morgan fingerprint density at radius 3 is 2.45 bits per heavy atom. The van der Waals surface area contributed by atoms with Crippen LogP contribution in [0.3, 0.4) is 0 Å². The Bertz CT molecular complexity index is 600. The minimum Gasteiger partial charge on any atom is -0.491 e. The molecule has 2 rings (SSSR count). The van der Waals surface area contributed by atoms with E-state index in [1.807, 2.05) is 38.1 Å². The normalized spacial score (nSPS) is 10.6. The lowest BCUT2D eigenvalue weighted by molar-refractivity contribution is 0.101. The maximum Gasteiger partial charge on any atom is 0.272 e. The van der Waals surface area contributed by atoms with Crippen LogP contribution in [0.2, 0.25) is 0 Å². The van der Waals surface area contributed by atoms with E-state index in [-0.39, 0.29) is 12.0 Å². The Morgan fingerprint density at radius 1 is 1.30 bits per heavy atom. The number of aromatic nitrogens is 1. The van der Waals surface area contributed by atoms with Gasteiger partial charge in [0, 0.05) is 18.9 Å². The molecule has 0 radical (unpaired) electrons. The third kappa shape index (κ3) is 3.32. The number of anilines is 2. The van der Waals surface area contributed by atoms with Gasteiger partial charge in [0.05, 0.1) is 11.8 Å². The quantitative estimate of drug-likeness (QED) is 0.899. The number of hydrogen-bond acceptors (Lipinski definition) is 3. The molecule has 0 saturated carbocycles. The van der Waals surface area contributed by atoms with Crippen LogP contribution in [0.25, 0.3) is 0 Å². The molecule has 0 spiro atoms. The Kier molecular flexibility index (Phi) is 3.98. The highest BCUT2D eigenvalue weighted by molar-refractivity contribution is 6.03. The predicted molar refractivity (Wildman–Crippen MR) is 80.0 cm³/mol. The molecule has 3 N–H and O–H groups in total. The zero-order valence-corrected chi connectivity index (χ0v) is 11.9. The van der Waals surface area contributed by atoms with Gasteiger partial charge in [-0.2, -0.15) is 0 Å². The molecule has 0 aliphatic carbocycles. The Morgan fingerprint density at radius 2 is 1.95 bits per heavy atom. The number of ether oxygens (including phenoxy) is 1. The van der Waals surface area contributed by atoms with Gasteiger partial charge >= 0.3 is 0 Å². The fourth-order valence-corrected chi connectivity index (χ4v) is 1.90. The number of nitrogens with zero attached hydrogens (tertiary/aromatic N) is 1. The molecule has 1 amide bonds. The summed E-state index contributed by atoms with van der Waals surface area (Å²) < 4.78 is 7.24. The van der Waals surface area contributed by atoms with Crippen molar-refractivity contribution >= 4 is 17.3 Å². The molecule has 5 heteroatoms. The van der Waals surface area contributed by atoms with Crippen molar-refractivity contribution in [3.05, 3.63) is 42.2 Å². The van der Waals surface area contributed by atoms with Gasteiger partial charge in [-0.25, -0.2) is 0 Å². The number of nitrogen functional groups attached to an aromatic ring is 1. The van der Waals surface area contributed by atoms with Crippen LogP contribution < -0.4 is 15.8 Å². The van der Waals surface area contributed by atoms with E-state index >= 15 is 0 Å². The number of nitrogens with one attached hydrogen (secondary N) is 1. The molecule has 0 aliphatic heterocycles. The monoisotopic (exact) mass is 273 g/mol. The van der Waals surface area contributed by atoms with Gasteiger partial charge in [0.25, 0.3) is 5.91 Å².